The van der Waals surface area contributed by atoms with Gasteiger partial charge in [-0.2, -0.15) is 0 Å². The van der Waals surface area contributed by atoms with Crippen molar-refractivity contribution in [3.63, 3.8) is 0 Å². The Morgan fingerprint density at radius 3 is 2.31 bits per heavy atom. The molecule has 0 unspecified atom stereocenters. The van der Waals surface area contributed by atoms with Crippen molar-refractivity contribution in [1.82, 2.24) is 9.55 Å². The lowest BCUT2D eigenvalue weighted by atomic mass is 10.1. The predicted molar refractivity (Wildman–Crippen MR) is 95.6 cm³/mol. The zero-order valence-corrected chi connectivity index (χ0v) is 14.6. The lowest BCUT2D eigenvalue weighted by Crippen LogP contribution is -1.98. The number of aromatic carboxylic acids is 1. The molecule has 0 fully saturated rings. The van der Waals surface area contributed by atoms with E-state index in [0.717, 1.165) is 5.56 Å². The maximum Gasteiger partial charge on any atom is 0.335 e. The molecule has 0 aliphatic rings. The van der Waals surface area contributed by atoms with Crippen molar-refractivity contribution in [2.45, 2.75) is 0 Å². The molecule has 0 atom stereocenters. The molecule has 0 saturated heterocycles. The van der Waals surface area contributed by atoms with Crippen LogP contribution in [0.1, 0.15) is 10.4 Å². The number of ether oxygens (including phenoxy) is 3. The van der Waals surface area contributed by atoms with Crippen molar-refractivity contribution < 1.29 is 24.1 Å². The van der Waals surface area contributed by atoms with Crippen LogP contribution in [0.15, 0.2) is 48.9 Å². The molecule has 7 nitrogen and oxygen atoms in total. The Labute approximate surface area is 150 Å². The minimum Gasteiger partial charge on any atom is -0.493 e. The second-order valence-electron chi connectivity index (χ2n) is 5.44. The number of hydrogen-bond donors (Lipinski definition) is 1. The smallest absolute Gasteiger partial charge is 0.335 e. The standard InChI is InChI=1S/C19H18N2O5/c1-24-16-8-13(9-17(25-2)18(16)26-3)15-10-21(11-20-15)14-6-4-5-12(7-14)19(22)23/h4-11H,1-3H3,(H,22,23). The summed E-state index contributed by atoms with van der Waals surface area (Å²) in [6.07, 6.45) is 3.43. The molecule has 1 heterocycles. The molecule has 7 heteroatoms. The van der Waals surface area contributed by atoms with Crippen LogP contribution in [0.5, 0.6) is 17.2 Å². The number of nitrogens with zero attached hydrogens (tertiary/aromatic N) is 2. The fourth-order valence-corrected chi connectivity index (χ4v) is 2.64. The molecule has 0 bridgehead atoms. The van der Waals surface area contributed by atoms with E-state index in [-0.39, 0.29) is 5.56 Å². The first-order valence-corrected chi connectivity index (χ1v) is 7.75. The van der Waals surface area contributed by atoms with E-state index in [1.165, 1.54) is 0 Å². The van der Waals surface area contributed by atoms with E-state index in [0.29, 0.717) is 28.6 Å². The number of aromatic nitrogens is 2. The third-order valence-corrected chi connectivity index (χ3v) is 3.93. The number of rotatable bonds is 6. The molecule has 0 spiro atoms. The van der Waals surface area contributed by atoms with Crippen LogP contribution in [-0.2, 0) is 0 Å². The Morgan fingerprint density at radius 2 is 1.73 bits per heavy atom. The van der Waals surface area contributed by atoms with Gasteiger partial charge in [0, 0.05) is 17.4 Å². The highest BCUT2D eigenvalue weighted by molar-refractivity contribution is 5.88. The van der Waals surface area contributed by atoms with Gasteiger partial charge in [-0.1, -0.05) is 6.07 Å². The first kappa shape index (κ1) is 17.3. The summed E-state index contributed by atoms with van der Waals surface area (Å²) in [5.41, 5.74) is 2.39. The van der Waals surface area contributed by atoms with Gasteiger partial charge in [0.2, 0.25) is 5.75 Å². The highest BCUT2D eigenvalue weighted by atomic mass is 16.5. The van der Waals surface area contributed by atoms with Gasteiger partial charge in [-0.3, -0.25) is 0 Å². The van der Waals surface area contributed by atoms with Gasteiger partial charge in [-0.15, -0.1) is 0 Å². The third-order valence-electron chi connectivity index (χ3n) is 3.93. The highest BCUT2D eigenvalue weighted by Gasteiger charge is 2.15. The Morgan fingerprint density at radius 1 is 1.04 bits per heavy atom. The molecular formula is C19H18N2O5. The summed E-state index contributed by atoms with van der Waals surface area (Å²) in [7, 11) is 4.65. The van der Waals surface area contributed by atoms with E-state index in [9.17, 15) is 4.79 Å². The van der Waals surface area contributed by atoms with Gasteiger partial charge in [0.1, 0.15) is 0 Å². The van der Waals surface area contributed by atoms with E-state index < -0.39 is 5.97 Å². The van der Waals surface area contributed by atoms with Crippen molar-refractivity contribution >= 4 is 5.97 Å². The van der Waals surface area contributed by atoms with Crippen LogP contribution < -0.4 is 14.2 Å². The second-order valence-corrected chi connectivity index (χ2v) is 5.44. The summed E-state index contributed by atoms with van der Waals surface area (Å²) in [4.78, 5) is 15.6. The van der Waals surface area contributed by atoms with Gasteiger partial charge >= 0.3 is 5.97 Å². The molecule has 134 valence electrons. The SMILES string of the molecule is COc1cc(-c2cn(-c3cccc(C(=O)O)c3)cn2)cc(OC)c1OC. The summed E-state index contributed by atoms with van der Waals surface area (Å²) < 4.78 is 17.8. The monoisotopic (exact) mass is 354 g/mol. The Hall–Kier alpha value is -3.48. The highest BCUT2D eigenvalue weighted by Crippen LogP contribution is 2.40. The quantitative estimate of drug-likeness (QED) is 0.732. The predicted octanol–water partition coefficient (Wildman–Crippen LogP) is 3.26. The van der Waals surface area contributed by atoms with E-state index in [1.807, 2.05) is 24.4 Å². The molecule has 1 aromatic heterocycles. The third kappa shape index (κ3) is 3.19. The zero-order valence-electron chi connectivity index (χ0n) is 14.6. The minimum atomic E-state index is -0.975. The van der Waals surface area contributed by atoms with Gasteiger partial charge in [0.25, 0.3) is 0 Å². The van der Waals surface area contributed by atoms with Gasteiger partial charge in [-0.05, 0) is 30.3 Å². The van der Waals surface area contributed by atoms with Crippen LogP contribution in [0.25, 0.3) is 16.9 Å². The molecular weight excluding hydrogens is 336 g/mol. The lowest BCUT2D eigenvalue weighted by molar-refractivity contribution is 0.0697. The normalized spacial score (nSPS) is 10.4. The average Bonchev–Trinajstić information content (AvgIpc) is 3.17. The summed E-state index contributed by atoms with van der Waals surface area (Å²) in [5.74, 6) is 0.595. The van der Waals surface area contributed by atoms with Gasteiger partial charge in [0.05, 0.1) is 38.9 Å². The van der Waals surface area contributed by atoms with Crippen LogP contribution in [0, 0.1) is 0 Å². The maximum absolute atomic E-state index is 11.1. The topological polar surface area (TPSA) is 82.8 Å². The number of benzene rings is 2. The largest absolute Gasteiger partial charge is 0.493 e. The van der Waals surface area contributed by atoms with Crippen LogP contribution in [-0.4, -0.2) is 42.0 Å². The Balaban J connectivity index is 2.02. The molecule has 2 aromatic carbocycles. The van der Waals surface area contributed by atoms with E-state index in [2.05, 4.69) is 4.98 Å². The van der Waals surface area contributed by atoms with Gasteiger partial charge in [0.15, 0.2) is 11.5 Å². The summed E-state index contributed by atoms with van der Waals surface area (Å²) in [5, 5.41) is 9.14. The van der Waals surface area contributed by atoms with Gasteiger partial charge < -0.3 is 23.9 Å². The minimum absolute atomic E-state index is 0.213. The Bertz CT molecular complexity index is 924. The van der Waals surface area contributed by atoms with Crippen molar-refractivity contribution in [3.05, 3.63) is 54.5 Å². The number of carboxylic acids is 1. The molecule has 0 radical (unpaired) electrons. The van der Waals surface area contributed by atoms with E-state index in [1.54, 1.807) is 50.4 Å². The lowest BCUT2D eigenvalue weighted by Gasteiger charge is -2.13. The fourth-order valence-electron chi connectivity index (χ4n) is 2.64. The number of methoxy groups -OCH3 is 3. The van der Waals surface area contributed by atoms with Crippen molar-refractivity contribution in [2.75, 3.05) is 21.3 Å². The van der Waals surface area contributed by atoms with Crippen LogP contribution in [0.4, 0.5) is 0 Å². The summed E-state index contributed by atoms with van der Waals surface area (Å²) >= 11 is 0. The number of carboxylic acid groups (broad SMARTS) is 1. The maximum atomic E-state index is 11.1. The van der Waals surface area contributed by atoms with E-state index >= 15 is 0 Å². The van der Waals surface area contributed by atoms with Crippen molar-refractivity contribution in [1.29, 1.82) is 0 Å². The number of imidazole rings is 1. The molecule has 0 amide bonds. The molecule has 0 aliphatic carbocycles. The van der Waals surface area contributed by atoms with Crippen LogP contribution in [0.3, 0.4) is 0 Å². The summed E-state index contributed by atoms with van der Waals surface area (Å²) in [6.45, 7) is 0. The fraction of sp³-hybridized carbons (Fsp3) is 0.158. The molecule has 1 N–H and O–H groups in total. The average molecular weight is 354 g/mol. The molecule has 26 heavy (non-hydrogen) atoms. The summed E-state index contributed by atoms with van der Waals surface area (Å²) in [6, 6.07) is 10.3. The van der Waals surface area contributed by atoms with Crippen molar-refractivity contribution in [3.8, 4) is 34.2 Å². The van der Waals surface area contributed by atoms with Crippen LogP contribution in [0.2, 0.25) is 0 Å². The van der Waals surface area contributed by atoms with E-state index in [4.69, 9.17) is 19.3 Å². The first-order chi connectivity index (χ1) is 12.6. The second kappa shape index (κ2) is 7.18. The zero-order chi connectivity index (χ0) is 18.7. The Kier molecular flexibility index (Phi) is 4.79. The van der Waals surface area contributed by atoms with Crippen LogP contribution >= 0.6 is 0 Å². The number of carbonyl (C=O) groups is 1. The first-order valence-electron chi connectivity index (χ1n) is 7.75. The molecule has 0 aliphatic heterocycles. The molecule has 0 saturated carbocycles. The number of hydrogen-bond acceptors (Lipinski definition) is 5. The van der Waals surface area contributed by atoms with Gasteiger partial charge in [-0.25, -0.2) is 9.78 Å². The van der Waals surface area contributed by atoms with Crippen molar-refractivity contribution in [2.24, 2.45) is 0 Å². The molecule has 3 aromatic rings. The molecule has 3 rings (SSSR count).